The Morgan fingerprint density at radius 2 is 1.55 bits per heavy atom. The van der Waals surface area contributed by atoms with E-state index in [0.29, 0.717) is 12.1 Å². The third-order valence-electron chi connectivity index (χ3n) is 3.75. The van der Waals surface area contributed by atoms with Gasteiger partial charge in [0, 0.05) is 16.8 Å². The molecule has 1 unspecified atom stereocenters. The molecule has 0 aromatic heterocycles. The number of hydrogen-bond donors (Lipinski definition) is 1. The van der Waals surface area contributed by atoms with Gasteiger partial charge in [0.2, 0.25) is 5.91 Å². The van der Waals surface area contributed by atoms with E-state index in [4.69, 9.17) is 0 Å². The summed E-state index contributed by atoms with van der Waals surface area (Å²) in [6.07, 6.45) is 0.339. The molecule has 22 heavy (non-hydrogen) atoms. The van der Waals surface area contributed by atoms with Gasteiger partial charge in [-0.15, -0.1) is 0 Å². The Kier molecular flexibility index (Phi) is 4.06. The Balaban J connectivity index is 2.65. The highest BCUT2D eigenvalue weighted by molar-refractivity contribution is 5.86. The molecule has 1 aromatic carbocycles. The first kappa shape index (κ1) is 16.5. The van der Waals surface area contributed by atoms with Gasteiger partial charge in [0.05, 0.1) is 5.92 Å². The first-order valence-corrected chi connectivity index (χ1v) is 6.90. The first-order chi connectivity index (χ1) is 10.1. The van der Waals surface area contributed by atoms with Gasteiger partial charge in [-0.3, -0.25) is 4.79 Å². The molecule has 1 heterocycles. The van der Waals surface area contributed by atoms with E-state index in [2.05, 4.69) is 11.9 Å². The lowest BCUT2D eigenvalue weighted by Crippen LogP contribution is -2.35. The Morgan fingerprint density at radius 1 is 1.05 bits per heavy atom. The maximum absolute atomic E-state index is 14.3. The van der Waals surface area contributed by atoms with Crippen molar-refractivity contribution in [2.45, 2.75) is 44.9 Å². The summed E-state index contributed by atoms with van der Waals surface area (Å²) in [6, 6.07) is 0. The molecule has 2 nitrogen and oxygen atoms in total. The first-order valence-electron chi connectivity index (χ1n) is 6.90. The fraction of sp³-hybridized carbons (Fsp3) is 0.438. The number of carbonyl (C=O) groups excluding carboxylic acids is 1. The molecule has 120 valence electrons. The standard InChI is InChI=1S/C16H17F4NO/c1-7-5-6-8(15(22)21-7)9-11(17)13(19)10(16(2,3)4)14(20)12(9)18/h8H,1,5-6H2,2-4H3,(H,21,22). The second-order valence-corrected chi connectivity index (χ2v) is 6.48. The van der Waals surface area contributed by atoms with Gasteiger partial charge >= 0.3 is 0 Å². The zero-order valence-electron chi connectivity index (χ0n) is 12.6. The lowest BCUT2D eigenvalue weighted by atomic mass is 9.82. The molecular weight excluding hydrogens is 298 g/mol. The summed E-state index contributed by atoms with van der Waals surface area (Å²) in [6.45, 7) is 7.90. The van der Waals surface area contributed by atoms with E-state index in [1.807, 2.05) is 0 Å². The number of carbonyl (C=O) groups is 1. The van der Waals surface area contributed by atoms with Gasteiger partial charge in [0.15, 0.2) is 23.3 Å². The van der Waals surface area contributed by atoms with Crippen LogP contribution in [-0.4, -0.2) is 5.91 Å². The summed E-state index contributed by atoms with van der Waals surface area (Å²) < 4.78 is 57.1. The molecule has 1 atom stereocenters. The second-order valence-electron chi connectivity index (χ2n) is 6.48. The maximum Gasteiger partial charge on any atom is 0.231 e. The predicted octanol–water partition coefficient (Wildman–Crippen LogP) is 4.05. The van der Waals surface area contributed by atoms with E-state index in [-0.39, 0.29) is 6.42 Å². The Hall–Kier alpha value is -1.85. The van der Waals surface area contributed by atoms with Crippen LogP contribution in [0.25, 0.3) is 0 Å². The van der Waals surface area contributed by atoms with Crippen LogP contribution < -0.4 is 5.32 Å². The van der Waals surface area contributed by atoms with Crippen molar-refractivity contribution in [3.05, 3.63) is 46.7 Å². The molecule has 0 bridgehead atoms. The Bertz CT molecular complexity index is 632. The average Bonchev–Trinajstić information content (AvgIpc) is 2.37. The van der Waals surface area contributed by atoms with Crippen molar-refractivity contribution in [3.8, 4) is 0 Å². The van der Waals surface area contributed by atoms with Gasteiger partial charge in [0.1, 0.15) is 0 Å². The molecule has 0 aliphatic carbocycles. The van der Waals surface area contributed by atoms with Crippen molar-refractivity contribution < 1.29 is 22.4 Å². The minimum Gasteiger partial charge on any atom is -0.330 e. The van der Waals surface area contributed by atoms with Crippen molar-refractivity contribution in [3.63, 3.8) is 0 Å². The van der Waals surface area contributed by atoms with E-state index in [0.717, 1.165) is 0 Å². The van der Waals surface area contributed by atoms with E-state index in [1.54, 1.807) is 0 Å². The van der Waals surface area contributed by atoms with Gasteiger partial charge in [-0.1, -0.05) is 27.4 Å². The van der Waals surface area contributed by atoms with Crippen LogP contribution in [0.2, 0.25) is 0 Å². The van der Waals surface area contributed by atoms with Crippen molar-refractivity contribution >= 4 is 5.91 Å². The number of amides is 1. The van der Waals surface area contributed by atoms with Crippen LogP contribution >= 0.6 is 0 Å². The van der Waals surface area contributed by atoms with Gasteiger partial charge in [0.25, 0.3) is 0 Å². The van der Waals surface area contributed by atoms with E-state index in [9.17, 15) is 22.4 Å². The van der Waals surface area contributed by atoms with Crippen LogP contribution in [-0.2, 0) is 10.2 Å². The topological polar surface area (TPSA) is 29.1 Å². The van der Waals surface area contributed by atoms with Gasteiger partial charge in [-0.05, 0) is 18.3 Å². The van der Waals surface area contributed by atoms with Crippen molar-refractivity contribution in [2.24, 2.45) is 0 Å². The molecule has 0 spiro atoms. The highest BCUT2D eigenvalue weighted by Gasteiger charge is 2.37. The van der Waals surface area contributed by atoms with Crippen LogP contribution in [0, 0.1) is 23.3 Å². The zero-order chi connectivity index (χ0) is 16.8. The van der Waals surface area contributed by atoms with E-state index < -0.39 is 51.6 Å². The predicted molar refractivity (Wildman–Crippen MR) is 74.2 cm³/mol. The largest absolute Gasteiger partial charge is 0.330 e. The minimum absolute atomic E-state index is 0.0479. The smallest absolute Gasteiger partial charge is 0.231 e. The summed E-state index contributed by atoms with van der Waals surface area (Å²) in [5.74, 6) is -7.88. The molecule has 1 aliphatic rings. The molecule has 1 fully saturated rings. The van der Waals surface area contributed by atoms with Gasteiger partial charge < -0.3 is 5.32 Å². The summed E-state index contributed by atoms with van der Waals surface area (Å²) in [5, 5.41) is 2.35. The third-order valence-corrected chi connectivity index (χ3v) is 3.75. The molecule has 1 aliphatic heterocycles. The molecule has 0 saturated carbocycles. The molecule has 1 saturated heterocycles. The quantitative estimate of drug-likeness (QED) is 0.615. The average molecular weight is 315 g/mol. The van der Waals surface area contributed by atoms with E-state index in [1.165, 1.54) is 20.8 Å². The van der Waals surface area contributed by atoms with Crippen LogP contribution in [0.4, 0.5) is 17.6 Å². The molecular formula is C16H17F4NO. The number of hydrogen-bond acceptors (Lipinski definition) is 1. The number of benzene rings is 1. The Labute approximate surface area is 126 Å². The molecule has 6 heteroatoms. The number of halogens is 4. The summed E-state index contributed by atoms with van der Waals surface area (Å²) >= 11 is 0. The minimum atomic E-state index is -1.50. The second kappa shape index (κ2) is 5.41. The molecule has 1 amide bonds. The van der Waals surface area contributed by atoms with Gasteiger partial charge in [-0.25, -0.2) is 17.6 Å². The lowest BCUT2D eigenvalue weighted by molar-refractivity contribution is -0.123. The monoisotopic (exact) mass is 315 g/mol. The van der Waals surface area contributed by atoms with Crippen LogP contribution in [0.5, 0.6) is 0 Å². The fourth-order valence-corrected chi connectivity index (χ4v) is 2.66. The molecule has 1 N–H and O–H groups in total. The maximum atomic E-state index is 14.3. The summed E-state index contributed by atoms with van der Waals surface area (Å²) in [5.41, 5.74) is -2.22. The molecule has 2 rings (SSSR count). The number of nitrogens with one attached hydrogen (secondary N) is 1. The number of allylic oxidation sites excluding steroid dienone is 1. The zero-order valence-corrected chi connectivity index (χ0v) is 12.6. The SMILES string of the molecule is C=C1CCC(c2c(F)c(F)c(C(C)(C)C)c(F)c2F)C(=O)N1. The normalized spacial score (nSPS) is 19.3. The molecule has 0 radical (unpaired) electrons. The number of rotatable bonds is 1. The summed E-state index contributed by atoms with van der Waals surface area (Å²) in [4.78, 5) is 11.9. The van der Waals surface area contributed by atoms with Crippen LogP contribution in [0.1, 0.15) is 50.7 Å². The summed E-state index contributed by atoms with van der Waals surface area (Å²) in [7, 11) is 0. The fourth-order valence-electron chi connectivity index (χ4n) is 2.66. The van der Waals surface area contributed by atoms with Crippen molar-refractivity contribution in [1.29, 1.82) is 0 Å². The van der Waals surface area contributed by atoms with Crippen LogP contribution in [0.15, 0.2) is 12.3 Å². The van der Waals surface area contributed by atoms with Crippen molar-refractivity contribution in [1.82, 2.24) is 5.32 Å². The molecule has 1 aromatic rings. The Morgan fingerprint density at radius 3 is 1.95 bits per heavy atom. The van der Waals surface area contributed by atoms with E-state index >= 15 is 0 Å². The van der Waals surface area contributed by atoms with Crippen molar-refractivity contribution in [2.75, 3.05) is 0 Å². The highest BCUT2D eigenvalue weighted by atomic mass is 19.2. The lowest BCUT2D eigenvalue weighted by Gasteiger charge is -2.27. The highest BCUT2D eigenvalue weighted by Crippen LogP contribution is 2.38. The van der Waals surface area contributed by atoms with Crippen LogP contribution in [0.3, 0.4) is 0 Å². The number of piperidine rings is 1. The third kappa shape index (κ3) is 2.62. The van der Waals surface area contributed by atoms with Gasteiger partial charge in [-0.2, -0.15) is 0 Å².